The molecule has 0 aromatic carbocycles. The van der Waals surface area contributed by atoms with Crippen LogP contribution in [0.3, 0.4) is 0 Å². The van der Waals surface area contributed by atoms with E-state index in [2.05, 4.69) is 19.8 Å². The lowest BCUT2D eigenvalue weighted by Crippen LogP contribution is -2.47. The number of primary amides is 1. The first kappa shape index (κ1) is 12.9. The Morgan fingerprint density at radius 2 is 1.90 bits per heavy atom. The van der Waals surface area contributed by atoms with Crippen molar-refractivity contribution in [1.82, 2.24) is 9.97 Å². The van der Waals surface area contributed by atoms with E-state index in [1.165, 1.54) is 0 Å². The second kappa shape index (κ2) is 5.46. The number of carbonyl (C=O) groups excluding carboxylic acids is 1. The molecule has 0 radical (unpaired) electrons. The molecule has 1 aliphatic rings. The molecular weight excluding hydrogens is 274 g/mol. The van der Waals surface area contributed by atoms with E-state index in [1.54, 1.807) is 29.7 Å². The van der Waals surface area contributed by atoms with E-state index in [0.29, 0.717) is 11.4 Å². The van der Waals surface area contributed by atoms with Crippen molar-refractivity contribution in [3.05, 3.63) is 35.5 Å². The maximum atomic E-state index is 11.5. The summed E-state index contributed by atoms with van der Waals surface area (Å²) in [6, 6.07) is 3.45. The molecule has 6 nitrogen and oxygen atoms in total. The number of aromatic nitrogens is 2. The van der Waals surface area contributed by atoms with E-state index < -0.39 is 5.91 Å². The average Bonchev–Trinajstić information content (AvgIpc) is 3.02. The number of hydrogen-bond acceptors (Lipinski definition) is 6. The maximum Gasteiger partial charge on any atom is 0.252 e. The molecule has 7 heteroatoms. The largest absolute Gasteiger partial charge is 0.365 e. The van der Waals surface area contributed by atoms with Crippen molar-refractivity contribution >= 4 is 28.2 Å². The number of carbonyl (C=O) groups is 1. The molecule has 1 aliphatic heterocycles. The third-order valence-electron chi connectivity index (χ3n) is 3.32. The number of rotatable bonds is 3. The van der Waals surface area contributed by atoms with Crippen LogP contribution < -0.4 is 15.5 Å². The van der Waals surface area contributed by atoms with Gasteiger partial charge in [0, 0.05) is 44.0 Å². The van der Waals surface area contributed by atoms with Gasteiger partial charge in [0.2, 0.25) is 0 Å². The third kappa shape index (κ3) is 2.44. The van der Waals surface area contributed by atoms with E-state index in [0.717, 1.165) is 31.3 Å². The van der Waals surface area contributed by atoms with Crippen LogP contribution in [0.5, 0.6) is 0 Å². The number of anilines is 2. The van der Waals surface area contributed by atoms with Gasteiger partial charge >= 0.3 is 0 Å². The highest BCUT2D eigenvalue weighted by molar-refractivity contribution is 7.13. The Morgan fingerprint density at radius 1 is 1.15 bits per heavy atom. The van der Waals surface area contributed by atoms with E-state index in [4.69, 9.17) is 5.73 Å². The van der Waals surface area contributed by atoms with Crippen LogP contribution in [0.15, 0.2) is 29.9 Å². The van der Waals surface area contributed by atoms with Gasteiger partial charge in [0.15, 0.2) is 5.13 Å². The first-order chi connectivity index (χ1) is 9.75. The fourth-order valence-corrected chi connectivity index (χ4v) is 3.02. The Hall–Kier alpha value is -2.15. The molecule has 2 aromatic heterocycles. The highest BCUT2D eigenvalue weighted by Gasteiger charge is 2.22. The van der Waals surface area contributed by atoms with Gasteiger partial charge in [0.25, 0.3) is 5.91 Å². The van der Waals surface area contributed by atoms with Crippen molar-refractivity contribution in [3.63, 3.8) is 0 Å². The quantitative estimate of drug-likeness (QED) is 0.911. The topological polar surface area (TPSA) is 75.4 Å². The normalized spacial score (nSPS) is 15.4. The van der Waals surface area contributed by atoms with Crippen LogP contribution in [0.25, 0.3) is 0 Å². The zero-order valence-electron chi connectivity index (χ0n) is 10.9. The fraction of sp³-hybridized carbons (Fsp3) is 0.308. The summed E-state index contributed by atoms with van der Waals surface area (Å²) in [5, 5.41) is 3.02. The molecule has 1 fully saturated rings. The van der Waals surface area contributed by atoms with Crippen LogP contribution in [-0.4, -0.2) is 42.1 Å². The Labute approximate surface area is 120 Å². The molecule has 3 heterocycles. The van der Waals surface area contributed by atoms with Crippen molar-refractivity contribution in [2.45, 2.75) is 0 Å². The van der Waals surface area contributed by atoms with Crippen molar-refractivity contribution < 1.29 is 4.79 Å². The molecule has 0 atom stereocenters. The number of thiazole rings is 1. The number of pyridine rings is 1. The summed E-state index contributed by atoms with van der Waals surface area (Å²) in [4.78, 5) is 24.4. The van der Waals surface area contributed by atoms with Crippen molar-refractivity contribution in [2.24, 2.45) is 5.73 Å². The summed E-state index contributed by atoms with van der Waals surface area (Å²) in [5.41, 5.74) is 5.88. The fourth-order valence-electron chi connectivity index (χ4n) is 2.32. The van der Waals surface area contributed by atoms with Gasteiger partial charge < -0.3 is 15.5 Å². The minimum atomic E-state index is -0.435. The molecule has 3 rings (SSSR count). The van der Waals surface area contributed by atoms with E-state index in [1.807, 2.05) is 11.6 Å². The molecule has 1 saturated heterocycles. The highest BCUT2D eigenvalue weighted by atomic mass is 32.1. The lowest BCUT2D eigenvalue weighted by Gasteiger charge is -2.35. The zero-order valence-corrected chi connectivity index (χ0v) is 11.7. The lowest BCUT2D eigenvalue weighted by molar-refractivity contribution is 0.100. The number of hydrogen-bond donors (Lipinski definition) is 1. The molecule has 0 unspecified atom stereocenters. The molecule has 0 aliphatic carbocycles. The maximum absolute atomic E-state index is 11.5. The predicted molar refractivity (Wildman–Crippen MR) is 79.3 cm³/mol. The number of piperazine rings is 1. The summed E-state index contributed by atoms with van der Waals surface area (Å²) >= 11 is 1.64. The Balaban J connectivity index is 1.74. The minimum Gasteiger partial charge on any atom is -0.365 e. The standard InChI is InChI=1S/C13H15N5OS/c14-11(19)10-2-1-3-15-12(10)17-5-7-18(8-6-17)13-16-4-9-20-13/h1-4,9H,5-8H2,(H2,14,19). The van der Waals surface area contributed by atoms with Crippen LogP contribution in [0, 0.1) is 0 Å². The highest BCUT2D eigenvalue weighted by Crippen LogP contribution is 2.22. The summed E-state index contributed by atoms with van der Waals surface area (Å²) < 4.78 is 0. The van der Waals surface area contributed by atoms with Crippen LogP contribution >= 0.6 is 11.3 Å². The van der Waals surface area contributed by atoms with Crippen LogP contribution in [0.2, 0.25) is 0 Å². The van der Waals surface area contributed by atoms with Crippen molar-refractivity contribution in [2.75, 3.05) is 36.0 Å². The summed E-state index contributed by atoms with van der Waals surface area (Å²) in [6.45, 7) is 3.33. The molecule has 20 heavy (non-hydrogen) atoms. The van der Waals surface area contributed by atoms with Crippen molar-refractivity contribution in [3.8, 4) is 0 Å². The molecule has 2 aromatic rings. The van der Waals surface area contributed by atoms with Gasteiger partial charge in [0.05, 0.1) is 5.56 Å². The molecule has 1 amide bonds. The molecule has 2 N–H and O–H groups in total. The summed E-state index contributed by atoms with van der Waals surface area (Å²) in [7, 11) is 0. The van der Waals surface area contributed by atoms with Crippen LogP contribution in [-0.2, 0) is 0 Å². The second-order valence-corrected chi connectivity index (χ2v) is 5.40. The molecule has 0 spiro atoms. The molecule has 0 saturated carbocycles. The average molecular weight is 289 g/mol. The summed E-state index contributed by atoms with van der Waals surface area (Å²) in [5.74, 6) is 0.245. The van der Waals surface area contributed by atoms with Gasteiger partial charge in [0.1, 0.15) is 5.82 Å². The van der Waals surface area contributed by atoms with Gasteiger partial charge in [-0.3, -0.25) is 4.79 Å². The number of nitrogens with zero attached hydrogens (tertiary/aromatic N) is 4. The smallest absolute Gasteiger partial charge is 0.252 e. The Kier molecular flexibility index (Phi) is 3.51. The van der Waals surface area contributed by atoms with Gasteiger partial charge in [-0.15, -0.1) is 11.3 Å². The van der Waals surface area contributed by atoms with Gasteiger partial charge in [-0.2, -0.15) is 0 Å². The zero-order chi connectivity index (χ0) is 13.9. The van der Waals surface area contributed by atoms with Crippen LogP contribution in [0.4, 0.5) is 10.9 Å². The molecule has 0 bridgehead atoms. The van der Waals surface area contributed by atoms with Gasteiger partial charge in [-0.25, -0.2) is 9.97 Å². The summed E-state index contributed by atoms with van der Waals surface area (Å²) in [6.07, 6.45) is 3.51. The Bertz CT molecular complexity index is 593. The number of nitrogens with two attached hydrogens (primary N) is 1. The first-order valence-electron chi connectivity index (χ1n) is 6.40. The van der Waals surface area contributed by atoms with E-state index in [-0.39, 0.29) is 0 Å². The molecule has 104 valence electrons. The monoisotopic (exact) mass is 289 g/mol. The van der Waals surface area contributed by atoms with E-state index >= 15 is 0 Å². The van der Waals surface area contributed by atoms with E-state index in [9.17, 15) is 4.79 Å². The van der Waals surface area contributed by atoms with Crippen LogP contribution in [0.1, 0.15) is 10.4 Å². The third-order valence-corrected chi connectivity index (χ3v) is 4.15. The predicted octanol–water partition coefficient (Wildman–Crippen LogP) is 0.964. The van der Waals surface area contributed by atoms with Gasteiger partial charge in [-0.1, -0.05) is 0 Å². The first-order valence-corrected chi connectivity index (χ1v) is 7.28. The lowest BCUT2D eigenvalue weighted by atomic mass is 10.2. The Morgan fingerprint density at radius 3 is 2.55 bits per heavy atom. The number of amides is 1. The minimum absolute atomic E-state index is 0.435. The van der Waals surface area contributed by atoms with Gasteiger partial charge in [-0.05, 0) is 12.1 Å². The molecular formula is C13H15N5OS. The second-order valence-electron chi connectivity index (χ2n) is 4.53. The SMILES string of the molecule is NC(=O)c1cccnc1N1CCN(c2nccs2)CC1. The van der Waals surface area contributed by atoms with Crippen molar-refractivity contribution in [1.29, 1.82) is 0 Å².